The third-order valence-corrected chi connectivity index (χ3v) is 1.89. The van der Waals surface area contributed by atoms with Gasteiger partial charge in [-0.1, -0.05) is 38.5 Å². The summed E-state index contributed by atoms with van der Waals surface area (Å²) in [5, 5.41) is 9.23. The van der Waals surface area contributed by atoms with Crippen molar-refractivity contribution < 1.29 is 5.11 Å². The molecule has 0 aromatic rings. The van der Waals surface area contributed by atoms with Gasteiger partial charge in [0, 0.05) is 0 Å². The Labute approximate surface area is 76.2 Å². The first-order chi connectivity index (χ1) is 5.81. The Morgan fingerprint density at radius 2 is 1.83 bits per heavy atom. The van der Waals surface area contributed by atoms with Gasteiger partial charge in [0.25, 0.3) is 0 Å². The molecule has 12 heavy (non-hydrogen) atoms. The Balaban J connectivity index is 3.12. The van der Waals surface area contributed by atoms with Gasteiger partial charge in [-0.3, -0.25) is 0 Å². The highest BCUT2D eigenvalue weighted by molar-refractivity contribution is 5.01. The minimum Gasteiger partial charge on any atom is -0.380 e. The van der Waals surface area contributed by atoms with Crippen molar-refractivity contribution in [1.29, 1.82) is 0 Å². The van der Waals surface area contributed by atoms with Gasteiger partial charge in [0.15, 0.2) is 0 Å². The molecule has 70 valence electrons. The van der Waals surface area contributed by atoms with E-state index < -0.39 is 6.10 Å². The van der Waals surface area contributed by atoms with Gasteiger partial charge >= 0.3 is 0 Å². The first-order valence-electron chi connectivity index (χ1n) is 4.91. The van der Waals surface area contributed by atoms with E-state index in [-0.39, 0.29) is 0 Å². The van der Waals surface area contributed by atoms with Crippen LogP contribution in [0.2, 0.25) is 0 Å². The van der Waals surface area contributed by atoms with Crippen molar-refractivity contribution in [2.45, 2.75) is 58.5 Å². The van der Waals surface area contributed by atoms with Gasteiger partial charge < -0.3 is 5.11 Å². The van der Waals surface area contributed by atoms with E-state index in [0.29, 0.717) is 0 Å². The average Bonchev–Trinajstić information content (AvgIpc) is 2.05. The summed E-state index contributed by atoms with van der Waals surface area (Å²) in [5.41, 5.74) is 0. The van der Waals surface area contributed by atoms with E-state index in [0.717, 1.165) is 12.8 Å². The van der Waals surface area contributed by atoms with Crippen LogP contribution in [-0.2, 0) is 0 Å². The molecule has 0 aliphatic rings. The molecule has 0 saturated heterocycles. The van der Waals surface area contributed by atoms with Crippen LogP contribution >= 0.6 is 0 Å². The van der Waals surface area contributed by atoms with Gasteiger partial charge in [-0.25, -0.2) is 0 Å². The highest BCUT2D eigenvalue weighted by atomic mass is 16.3. The second-order valence-electron chi connectivity index (χ2n) is 3.11. The fourth-order valence-electron chi connectivity index (χ4n) is 1.18. The van der Waals surface area contributed by atoms with E-state index >= 15 is 0 Å². The summed E-state index contributed by atoms with van der Waals surface area (Å²) in [4.78, 5) is 0. The fraction of sp³-hybridized carbons (Fsp3) is 0.818. The molecule has 0 radical (unpaired) electrons. The molecule has 0 aliphatic heterocycles. The molecule has 1 atom stereocenters. The first kappa shape index (κ1) is 11.5. The standard InChI is InChI=1S/C11H20O/c1-3-5-6-7-8-10-11(12)9-4-2/h11-12H,3,5-8,10H2,1-2H3. The Bertz CT molecular complexity index is 141. The van der Waals surface area contributed by atoms with Crippen LogP contribution in [0.25, 0.3) is 0 Å². The quantitative estimate of drug-likeness (QED) is 0.477. The fourth-order valence-corrected chi connectivity index (χ4v) is 1.18. The lowest BCUT2D eigenvalue weighted by molar-refractivity contribution is 0.217. The molecule has 0 saturated carbocycles. The number of hydrogen-bond donors (Lipinski definition) is 1. The van der Waals surface area contributed by atoms with Gasteiger partial charge in [-0.05, 0) is 19.8 Å². The van der Waals surface area contributed by atoms with E-state index in [1.54, 1.807) is 6.92 Å². The van der Waals surface area contributed by atoms with E-state index in [9.17, 15) is 5.11 Å². The number of unbranched alkanes of at least 4 members (excludes halogenated alkanes) is 4. The highest BCUT2D eigenvalue weighted by Crippen LogP contribution is 2.06. The minimum atomic E-state index is -0.392. The average molecular weight is 168 g/mol. The summed E-state index contributed by atoms with van der Waals surface area (Å²) in [6.45, 7) is 3.97. The molecule has 0 spiro atoms. The van der Waals surface area contributed by atoms with Gasteiger partial charge in [0.05, 0.1) is 0 Å². The van der Waals surface area contributed by atoms with E-state index in [4.69, 9.17) is 0 Å². The zero-order chi connectivity index (χ0) is 9.23. The molecule has 0 bridgehead atoms. The van der Waals surface area contributed by atoms with Crippen LogP contribution in [0.4, 0.5) is 0 Å². The Morgan fingerprint density at radius 1 is 1.17 bits per heavy atom. The largest absolute Gasteiger partial charge is 0.380 e. The Kier molecular flexibility index (Phi) is 8.27. The lowest BCUT2D eigenvalue weighted by Gasteiger charge is -2.02. The SMILES string of the molecule is CC#CC(O)CCCCCCC. The van der Waals surface area contributed by atoms with Crippen molar-refractivity contribution in [1.82, 2.24) is 0 Å². The third-order valence-electron chi connectivity index (χ3n) is 1.89. The summed E-state index contributed by atoms with van der Waals surface area (Å²) >= 11 is 0. The van der Waals surface area contributed by atoms with E-state index in [2.05, 4.69) is 18.8 Å². The zero-order valence-corrected chi connectivity index (χ0v) is 8.27. The predicted octanol–water partition coefficient (Wildman–Crippen LogP) is 2.73. The van der Waals surface area contributed by atoms with Crippen LogP contribution in [0, 0.1) is 11.8 Å². The molecule has 0 aliphatic carbocycles. The molecule has 0 heterocycles. The molecule has 0 rings (SSSR count). The van der Waals surface area contributed by atoms with E-state index in [1.807, 2.05) is 0 Å². The van der Waals surface area contributed by atoms with Crippen molar-refractivity contribution in [3.05, 3.63) is 0 Å². The van der Waals surface area contributed by atoms with Crippen LogP contribution in [0.3, 0.4) is 0 Å². The van der Waals surface area contributed by atoms with Crippen LogP contribution in [0.5, 0.6) is 0 Å². The monoisotopic (exact) mass is 168 g/mol. The molecule has 0 aromatic heterocycles. The van der Waals surface area contributed by atoms with Gasteiger partial charge in [0.2, 0.25) is 0 Å². The second kappa shape index (κ2) is 8.62. The molecule has 0 fully saturated rings. The van der Waals surface area contributed by atoms with Crippen molar-refractivity contribution >= 4 is 0 Å². The molecule has 1 heteroatoms. The number of rotatable bonds is 6. The third kappa shape index (κ3) is 7.63. The topological polar surface area (TPSA) is 20.2 Å². The normalized spacial score (nSPS) is 11.9. The lowest BCUT2D eigenvalue weighted by Crippen LogP contribution is -2.01. The van der Waals surface area contributed by atoms with Crippen LogP contribution in [0.1, 0.15) is 52.4 Å². The summed E-state index contributed by atoms with van der Waals surface area (Å²) in [6.07, 6.45) is 6.67. The van der Waals surface area contributed by atoms with Gasteiger partial charge in [-0.2, -0.15) is 0 Å². The molecular formula is C11H20O. The van der Waals surface area contributed by atoms with Crippen molar-refractivity contribution in [2.24, 2.45) is 0 Å². The van der Waals surface area contributed by atoms with Gasteiger partial charge in [0.1, 0.15) is 6.10 Å². The smallest absolute Gasteiger partial charge is 0.114 e. The van der Waals surface area contributed by atoms with Crippen molar-refractivity contribution in [2.75, 3.05) is 0 Å². The molecule has 0 aromatic carbocycles. The molecule has 0 amide bonds. The van der Waals surface area contributed by atoms with Crippen LogP contribution in [-0.4, -0.2) is 11.2 Å². The minimum absolute atomic E-state index is 0.392. The summed E-state index contributed by atoms with van der Waals surface area (Å²) in [7, 11) is 0. The van der Waals surface area contributed by atoms with Crippen LogP contribution < -0.4 is 0 Å². The number of aliphatic hydroxyl groups excluding tert-OH is 1. The Hall–Kier alpha value is -0.480. The maximum Gasteiger partial charge on any atom is 0.114 e. The van der Waals surface area contributed by atoms with Crippen molar-refractivity contribution in [3.8, 4) is 11.8 Å². The number of aliphatic hydroxyl groups is 1. The van der Waals surface area contributed by atoms with Crippen molar-refractivity contribution in [3.63, 3.8) is 0 Å². The molecule has 1 unspecified atom stereocenters. The maximum atomic E-state index is 9.23. The lowest BCUT2D eigenvalue weighted by atomic mass is 10.1. The molecule has 1 N–H and O–H groups in total. The summed E-state index contributed by atoms with van der Waals surface area (Å²) in [5.74, 6) is 5.46. The summed E-state index contributed by atoms with van der Waals surface area (Å²) < 4.78 is 0. The van der Waals surface area contributed by atoms with E-state index in [1.165, 1.54) is 25.7 Å². The zero-order valence-electron chi connectivity index (χ0n) is 8.27. The number of hydrogen-bond acceptors (Lipinski definition) is 1. The highest BCUT2D eigenvalue weighted by Gasteiger charge is 1.97. The van der Waals surface area contributed by atoms with Gasteiger partial charge in [-0.15, -0.1) is 5.92 Å². The maximum absolute atomic E-state index is 9.23. The molecular weight excluding hydrogens is 148 g/mol. The predicted molar refractivity (Wildman–Crippen MR) is 52.8 cm³/mol. The second-order valence-corrected chi connectivity index (χ2v) is 3.11. The summed E-state index contributed by atoms with van der Waals surface area (Å²) in [6, 6.07) is 0. The Morgan fingerprint density at radius 3 is 2.42 bits per heavy atom. The molecule has 1 nitrogen and oxygen atoms in total. The first-order valence-corrected chi connectivity index (χ1v) is 4.91. The van der Waals surface area contributed by atoms with Crippen LogP contribution in [0.15, 0.2) is 0 Å².